The second-order valence-corrected chi connectivity index (χ2v) is 5.54. The molecule has 0 saturated heterocycles. The SMILES string of the molecule is COc1c([N+](=O)[O-])cc(NC(=O)c2cccc3ccccc23)cc1[N+](=O)[O-]. The number of fused-ring (bicyclic) bond motifs is 1. The van der Waals surface area contributed by atoms with Crippen molar-refractivity contribution >= 4 is 33.7 Å². The summed E-state index contributed by atoms with van der Waals surface area (Å²) in [7, 11) is 1.10. The summed E-state index contributed by atoms with van der Waals surface area (Å²) in [4.78, 5) is 33.5. The molecule has 3 aromatic carbocycles. The number of nitrogens with one attached hydrogen (secondary N) is 1. The Kier molecular flexibility index (Phi) is 4.67. The Morgan fingerprint density at radius 3 is 2.15 bits per heavy atom. The van der Waals surface area contributed by atoms with Gasteiger partial charge in [-0.3, -0.25) is 25.0 Å². The maximum absolute atomic E-state index is 12.7. The topological polar surface area (TPSA) is 125 Å². The van der Waals surface area contributed by atoms with Crippen LogP contribution >= 0.6 is 0 Å². The quantitative estimate of drug-likeness (QED) is 0.538. The van der Waals surface area contributed by atoms with Crippen LogP contribution in [0.25, 0.3) is 10.8 Å². The molecule has 1 amide bonds. The van der Waals surface area contributed by atoms with Gasteiger partial charge in [-0.05, 0) is 16.8 Å². The van der Waals surface area contributed by atoms with E-state index >= 15 is 0 Å². The number of amides is 1. The number of rotatable bonds is 5. The van der Waals surface area contributed by atoms with Crippen LogP contribution in [0.15, 0.2) is 54.6 Å². The summed E-state index contributed by atoms with van der Waals surface area (Å²) in [5.41, 5.74) is -0.957. The van der Waals surface area contributed by atoms with E-state index in [-0.39, 0.29) is 5.69 Å². The molecule has 0 fully saturated rings. The molecule has 0 bridgehead atoms. The number of carbonyl (C=O) groups excluding carboxylic acids is 1. The van der Waals surface area contributed by atoms with Gasteiger partial charge in [0.2, 0.25) is 0 Å². The van der Waals surface area contributed by atoms with Gasteiger partial charge in [-0.2, -0.15) is 0 Å². The Hall–Kier alpha value is -4.01. The third-order valence-electron chi connectivity index (χ3n) is 3.94. The standard InChI is InChI=1S/C18H13N3O6/c1-27-17-15(20(23)24)9-12(10-16(17)21(25)26)19-18(22)14-8-4-6-11-5-2-3-7-13(11)14/h2-10H,1H3,(H,19,22). The summed E-state index contributed by atoms with van der Waals surface area (Å²) < 4.78 is 4.81. The third-order valence-corrected chi connectivity index (χ3v) is 3.94. The van der Waals surface area contributed by atoms with Crippen LogP contribution in [0.2, 0.25) is 0 Å². The lowest BCUT2D eigenvalue weighted by Gasteiger charge is -2.10. The van der Waals surface area contributed by atoms with Crippen molar-refractivity contribution in [2.45, 2.75) is 0 Å². The van der Waals surface area contributed by atoms with Crippen LogP contribution in [0.5, 0.6) is 5.75 Å². The van der Waals surface area contributed by atoms with Crippen molar-refractivity contribution in [3.63, 3.8) is 0 Å². The van der Waals surface area contributed by atoms with E-state index in [0.29, 0.717) is 10.9 Å². The molecule has 0 spiro atoms. The maximum atomic E-state index is 12.7. The van der Waals surface area contributed by atoms with Gasteiger partial charge in [-0.15, -0.1) is 0 Å². The van der Waals surface area contributed by atoms with E-state index in [1.54, 1.807) is 24.3 Å². The molecule has 0 saturated carbocycles. The Balaban J connectivity index is 2.05. The minimum Gasteiger partial charge on any atom is -0.485 e. The average Bonchev–Trinajstić information content (AvgIpc) is 2.66. The van der Waals surface area contributed by atoms with E-state index in [4.69, 9.17) is 4.74 Å². The molecule has 27 heavy (non-hydrogen) atoms. The molecule has 0 heterocycles. The number of nitro groups is 2. The van der Waals surface area contributed by atoms with Gasteiger partial charge in [0.1, 0.15) is 0 Å². The molecule has 0 aliphatic carbocycles. The van der Waals surface area contributed by atoms with Crippen molar-refractivity contribution in [1.82, 2.24) is 0 Å². The third kappa shape index (κ3) is 3.38. The van der Waals surface area contributed by atoms with Crippen molar-refractivity contribution in [2.75, 3.05) is 12.4 Å². The van der Waals surface area contributed by atoms with E-state index in [0.717, 1.165) is 24.6 Å². The molecule has 3 rings (SSSR count). The molecular weight excluding hydrogens is 354 g/mol. The highest BCUT2D eigenvalue weighted by molar-refractivity contribution is 6.13. The van der Waals surface area contributed by atoms with Crippen LogP contribution < -0.4 is 10.1 Å². The summed E-state index contributed by atoms with van der Waals surface area (Å²) in [5, 5.41) is 26.5. The Morgan fingerprint density at radius 1 is 0.963 bits per heavy atom. The van der Waals surface area contributed by atoms with Gasteiger partial charge in [0.05, 0.1) is 22.6 Å². The maximum Gasteiger partial charge on any atom is 0.320 e. The summed E-state index contributed by atoms with van der Waals surface area (Å²) >= 11 is 0. The molecular formula is C18H13N3O6. The predicted molar refractivity (Wildman–Crippen MR) is 98.2 cm³/mol. The lowest BCUT2D eigenvalue weighted by Crippen LogP contribution is -2.13. The van der Waals surface area contributed by atoms with Gasteiger partial charge in [0, 0.05) is 17.7 Å². The monoisotopic (exact) mass is 367 g/mol. The molecule has 0 aromatic heterocycles. The summed E-state index contributed by atoms with van der Waals surface area (Å²) in [6, 6.07) is 14.4. The molecule has 3 aromatic rings. The second-order valence-electron chi connectivity index (χ2n) is 5.54. The Labute approximate surface area is 152 Å². The molecule has 0 aliphatic heterocycles. The molecule has 9 nitrogen and oxygen atoms in total. The van der Waals surface area contributed by atoms with Gasteiger partial charge < -0.3 is 10.1 Å². The van der Waals surface area contributed by atoms with Crippen LogP contribution in [0.4, 0.5) is 17.1 Å². The number of anilines is 1. The number of methoxy groups -OCH3 is 1. The van der Waals surface area contributed by atoms with E-state index in [1.165, 1.54) is 0 Å². The highest BCUT2D eigenvalue weighted by Gasteiger charge is 2.28. The fourth-order valence-electron chi connectivity index (χ4n) is 2.77. The number of ether oxygens (including phenoxy) is 1. The van der Waals surface area contributed by atoms with Gasteiger partial charge in [-0.25, -0.2) is 0 Å². The Bertz CT molecular complexity index is 1040. The summed E-state index contributed by atoms with van der Waals surface area (Å²) in [6.45, 7) is 0. The second kappa shape index (κ2) is 7.08. The average molecular weight is 367 g/mol. The predicted octanol–water partition coefficient (Wildman–Crippen LogP) is 3.92. The number of hydrogen-bond donors (Lipinski definition) is 1. The number of nitro benzene ring substituents is 2. The van der Waals surface area contributed by atoms with Crippen LogP contribution in [0, 0.1) is 20.2 Å². The highest BCUT2D eigenvalue weighted by atomic mass is 16.6. The molecule has 0 unspecified atom stereocenters. The van der Waals surface area contributed by atoms with Crippen LogP contribution in [0.1, 0.15) is 10.4 Å². The van der Waals surface area contributed by atoms with Crippen LogP contribution in [-0.2, 0) is 0 Å². The smallest absolute Gasteiger partial charge is 0.320 e. The highest BCUT2D eigenvalue weighted by Crippen LogP contribution is 2.39. The fourth-order valence-corrected chi connectivity index (χ4v) is 2.77. The summed E-state index contributed by atoms with van der Waals surface area (Å²) in [5.74, 6) is -1.02. The van der Waals surface area contributed by atoms with Crippen molar-refractivity contribution in [1.29, 1.82) is 0 Å². The molecule has 1 N–H and O–H groups in total. The van der Waals surface area contributed by atoms with E-state index in [9.17, 15) is 25.0 Å². The lowest BCUT2D eigenvalue weighted by molar-refractivity contribution is -0.395. The zero-order valence-corrected chi connectivity index (χ0v) is 14.0. The van der Waals surface area contributed by atoms with E-state index < -0.39 is 32.9 Å². The summed E-state index contributed by atoms with van der Waals surface area (Å²) in [6.07, 6.45) is 0. The fraction of sp³-hybridized carbons (Fsp3) is 0.0556. The molecule has 136 valence electrons. The first kappa shape index (κ1) is 17.8. The van der Waals surface area contributed by atoms with Crippen LogP contribution in [-0.4, -0.2) is 22.9 Å². The zero-order chi connectivity index (χ0) is 19.6. The van der Waals surface area contributed by atoms with Gasteiger partial charge >= 0.3 is 11.4 Å². The van der Waals surface area contributed by atoms with Gasteiger partial charge in [-0.1, -0.05) is 36.4 Å². The van der Waals surface area contributed by atoms with Crippen molar-refractivity contribution < 1.29 is 19.4 Å². The largest absolute Gasteiger partial charge is 0.485 e. The molecule has 0 aliphatic rings. The van der Waals surface area contributed by atoms with E-state index in [2.05, 4.69) is 5.32 Å². The molecule has 0 radical (unpaired) electrons. The number of carbonyl (C=O) groups is 1. The Morgan fingerprint density at radius 2 is 1.56 bits per heavy atom. The first-order chi connectivity index (χ1) is 12.9. The number of benzene rings is 3. The molecule has 0 atom stereocenters. The first-order valence-corrected chi connectivity index (χ1v) is 7.72. The van der Waals surface area contributed by atoms with Crippen LogP contribution in [0.3, 0.4) is 0 Å². The minimum atomic E-state index is -0.806. The first-order valence-electron chi connectivity index (χ1n) is 7.72. The van der Waals surface area contributed by atoms with Gasteiger partial charge in [0.25, 0.3) is 11.7 Å². The lowest BCUT2D eigenvalue weighted by atomic mass is 10.0. The van der Waals surface area contributed by atoms with Crippen molar-refractivity contribution in [3.8, 4) is 5.75 Å². The number of hydrogen-bond acceptors (Lipinski definition) is 6. The van der Waals surface area contributed by atoms with Crippen molar-refractivity contribution in [3.05, 3.63) is 80.4 Å². The minimum absolute atomic E-state index is 0.0767. The van der Waals surface area contributed by atoms with Gasteiger partial charge in [0.15, 0.2) is 0 Å². The number of nitrogens with zero attached hydrogens (tertiary/aromatic N) is 2. The van der Waals surface area contributed by atoms with Crippen molar-refractivity contribution in [2.24, 2.45) is 0 Å². The normalized spacial score (nSPS) is 10.4. The molecule has 9 heteroatoms. The zero-order valence-electron chi connectivity index (χ0n) is 14.0. The van der Waals surface area contributed by atoms with E-state index in [1.807, 2.05) is 18.2 Å².